The van der Waals surface area contributed by atoms with Gasteiger partial charge in [0.25, 0.3) is 0 Å². The Morgan fingerprint density at radius 1 is 0.909 bits per heavy atom. The molecule has 0 spiro atoms. The number of para-hydroxylation sites is 1. The number of pyridine rings is 1. The topological polar surface area (TPSA) is 25.4 Å². The molecule has 3 aromatic rings. The fraction of sp³-hybridized carbons (Fsp3) is 0.0556. The van der Waals surface area contributed by atoms with Crippen LogP contribution in [0.3, 0.4) is 0 Å². The van der Waals surface area contributed by atoms with Gasteiger partial charge in [0.2, 0.25) is 0 Å². The van der Waals surface area contributed by atoms with E-state index < -0.39 is 0 Å². The Labute approximate surface area is 133 Å². The molecule has 22 heavy (non-hydrogen) atoms. The number of methoxy groups -OCH3 is 1. The van der Waals surface area contributed by atoms with Gasteiger partial charge in [-0.3, -0.25) is 4.90 Å². The van der Waals surface area contributed by atoms with Crippen molar-refractivity contribution >= 4 is 29.0 Å². The van der Waals surface area contributed by atoms with Gasteiger partial charge < -0.3 is 4.74 Å². The van der Waals surface area contributed by atoms with E-state index in [1.165, 1.54) is 9.79 Å². The van der Waals surface area contributed by atoms with Crippen LogP contribution < -0.4 is 9.64 Å². The number of benzene rings is 2. The molecular weight excluding hydrogens is 292 g/mol. The monoisotopic (exact) mass is 306 g/mol. The van der Waals surface area contributed by atoms with E-state index in [2.05, 4.69) is 46.3 Å². The summed E-state index contributed by atoms with van der Waals surface area (Å²) < 4.78 is 5.40. The zero-order chi connectivity index (χ0) is 14.9. The van der Waals surface area contributed by atoms with E-state index in [0.717, 1.165) is 22.9 Å². The van der Waals surface area contributed by atoms with Crippen LogP contribution >= 0.6 is 11.8 Å². The van der Waals surface area contributed by atoms with Crippen LogP contribution in [0.1, 0.15) is 0 Å². The smallest absolute Gasteiger partial charge is 0.137 e. The third-order valence-electron chi connectivity index (χ3n) is 3.61. The average Bonchev–Trinajstić information content (AvgIpc) is 2.60. The third-order valence-corrected chi connectivity index (χ3v) is 4.74. The first-order chi connectivity index (χ1) is 10.9. The second kappa shape index (κ2) is 5.39. The van der Waals surface area contributed by atoms with Crippen LogP contribution in [0.25, 0.3) is 0 Å². The summed E-state index contributed by atoms with van der Waals surface area (Å²) in [6, 6.07) is 20.5. The van der Waals surface area contributed by atoms with E-state index in [4.69, 9.17) is 4.74 Å². The summed E-state index contributed by atoms with van der Waals surface area (Å²) in [5.74, 6) is 1.75. The normalized spacial score (nSPS) is 12.5. The zero-order valence-corrected chi connectivity index (χ0v) is 12.9. The molecule has 108 valence electrons. The van der Waals surface area contributed by atoms with E-state index in [0.29, 0.717) is 0 Å². The van der Waals surface area contributed by atoms with Gasteiger partial charge in [0.05, 0.1) is 18.5 Å². The summed E-state index contributed by atoms with van der Waals surface area (Å²) in [5.41, 5.74) is 2.24. The van der Waals surface area contributed by atoms with Crippen molar-refractivity contribution in [3.8, 4) is 5.75 Å². The fourth-order valence-electron chi connectivity index (χ4n) is 2.59. The second-order valence-corrected chi connectivity index (χ2v) is 6.01. The standard InChI is InChI=1S/C18H14N2OS/c1-21-13-9-10-17-15(12-13)20(18-8-4-5-11-19-18)14-6-2-3-7-16(14)22-17/h2-12H,1H3. The number of rotatable bonds is 2. The maximum absolute atomic E-state index is 5.40. The molecule has 4 heteroatoms. The molecule has 4 rings (SSSR count). The first-order valence-corrected chi connectivity index (χ1v) is 7.84. The van der Waals surface area contributed by atoms with Crippen LogP contribution in [0.4, 0.5) is 17.2 Å². The first-order valence-electron chi connectivity index (χ1n) is 7.03. The Balaban J connectivity index is 1.96. The Kier molecular flexibility index (Phi) is 3.24. The lowest BCUT2D eigenvalue weighted by molar-refractivity contribution is 0.414. The minimum absolute atomic E-state index is 0.847. The summed E-state index contributed by atoms with van der Waals surface area (Å²) in [7, 11) is 1.69. The number of hydrogen-bond donors (Lipinski definition) is 0. The molecule has 2 aromatic carbocycles. The maximum Gasteiger partial charge on any atom is 0.137 e. The summed E-state index contributed by atoms with van der Waals surface area (Å²) >= 11 is 1.78. The summed E-state index contributed by atoms with van der Waals surface area (Å²) in [6.45, 7) is 0. The van der Waals surface area contributed by atoms with Gasteiger partial charge in [0, 0.05) is 22.1 Å². The molecule has 0 atom stereocenters. The van der Waals surface area contributed by atoms with Crippen molar-refractivity contribution in [1.29, 1.82) is 0 Å². The lowest BCUT2D eigenvalue weighted by atomic mass is 10.2. The molecule has 2 heterocycles. The molecule has 0 N–H and O–H groups in total. The van der Waals surface area contributed by atoms with E-state index >= 15 is 0 Å². The highest BCUT2D eigenvalue weighted by Gasteiger charge is 2.25. The molecule has 3 nitrogen and oxygen atoms in total. The van der Waals surface area contributed by atoms with E-state index in [-0.39, 0.29) is 0 Å². The molecule has 0 fully saturated rings. The van der Waals surface area contributed by atoms with Crippen molar-refractivity contribution in [3.05, 3.63) is 66.9 Å². The van der Waals surface area contributed by atoms with Crippen molar-refractivity contribution in [3.63, 3.8) is 0 Å². The minimum Gasteiger partial charge on any atom is -0.497 e. The summed E-state index contributed by atoms with van der Waals surface area (Å²) in [5, 5.41) is 0. The Morgan fingerprint density at radius 2 is 1.73 bits per heavy atom. The molecule has 0 bridgehead atoms. The van der Waals surface area contributed by atoms with Crippen molar-refractivity contribution in [2.24, 2.45) is 0 Å². The highest BCUT2D eigenvalue weighted by Crippen LogP contribution is 2.51. The lowest BCUT2D eigenvalue weighted by Gasteiger charge is -2.32. The van der Waals surface area contributed by atoms with Gasteiger partial charge in [0.1, 0.15) is 11.6 Å². The Hall–Kier alpha value is -2.46. The third kappa shape index (κ3) is 2.12. The number of ether oxygens (including phenoxy) is 1. The highest BCUT2D eigenvalue weighted by molar-refractivity contribution is 7.99. The largest absolute Gasteiger partial charge is 0.497 e. The minimum atomic E-state index is 0.847. The van der Waals surface area contributed by atoms with Gasteiger partial charge in [-0.2, -0.15) is 0 Å². The fourth-order valence-corrected chi connectivity index (χ4v) is 3.63. The lowest BCUT2D eigenvalue weighted by Crippen LogP contribution is -2.15. The van der Waals surface area contributed by atoms with Crippen molar-refractivity contribution in [2.75, 3.05) is 12.0 Å². The quantitative estimate of drug-likeness (QED) is 0.519. The maximum atomic E-state index is 5.40. The van der Waals surface area contributed by atoms with Gasteiger partial charge in [0.15, 0.2) is 0 Å². The number of aromatic nitrogens is 1. The van der Waals surface area contributed by atoms with Gasteiger partial charge in [-0.1, -0.05) is 30.0 Å². The van der Waals surface area contributed by atoms with Crippen LogP contribution in [-0.2, 0) is 0 Å². The average molecular weight is 306 g/mol. The Morgan fingerprint density at radius 3 is 2.55 bits per heavy atom. The Bertz CT molecular complexity index is 820. The van der Waals surface area contributed by atoms with Gasteiger partial charge in [-0.05, 0) is 36.4 Å². The zero-order valence-electron chi connectivity index (χ0n) is 12.1. The molecule has 0 saturated carbocycles. The van der Waals surface area contributed by atoms with Crippen LogP contribution in [0.15, 0.2) is 76.7 Å². The highest BCUT2D eigenvalue weighted by atomic mass is 32.2. The van der Waals surface area contributed by atoms with Gasteiger partial charge >= 0.3 is 0 Å². The van der Waals surface area contributed by atoms with E-state index in [1.807, 2.05) is 30.5 Å². The molecule has 0 aliphatic carbocycles. The molecule has 1 aliphatic heterocycles. The predicted molar refractivity (Wildman–Crippen MR) is 89.6 cm³/mol. The SMILES string of the molecule is COc1ccc2c(c1)N(c1ccccn1)c1ccccc1S2. The molecular formula is C18H14N2OS. The molecule has 0 amide bonds. The van der Waals surface area contributed by atoms with Crippen LogP contribution in [0, 0.1) is 0 Å². The van der Waals surface area contributed by atoms with Crippen molar-refractivity contribution in [2.45, 2.75) is 9.79 Å². The number of fused-ring (bicyclic) bond motifs is 2. The number of hydrogen-bond acceptors (Lipinski definition) is 4. The van der Waals surface area contributed by atoms with Crippen LogP contribution in [0.5, 0.6) is 5.75 Å². The van der Waals surface area contributed by atoms with E-state index in [1.54, 1.807) is 18.9 Å². The summed E-state index contributed by atoms with van der Waals surface area (Å²) in [6.07, 6.45) is 1.82. The number of anilines is 3. The predicted octanol–water partition coefficient (Wildman–Crippen LogP) is 5.02. The van der Waals surface area contributed by atoms with Crippen molar-refractivity contribution < 1.29 is 4.74 Å². The molecule has 0 radical (unpaired) electrons. The van der Waals surface area contributed by atoms with Gasteiger partial charge in [-0.25, -0.2) is 4.98 Å². The molecule has 1 aromatic heterocycles. The molecule has 0 unspecified atom stereocenters. The first kappa shape index (κ1) is 13.2. The van der Waals surface area contributed by atoms with Crippen molar-refractivity contribution in [1.82, 2.24) is 4.98 Å². The summed E-state index contributed by atoms with van der Waals surface area (Å²) in [4.78, 5) is 9.14. The molecule has 1 aliphatic rings. The van der Waals surface area contributed by atoms with E-state index in [9.17, 15) is 0 Å². The number of nitrogens with zero attached hydrogens (tertiary/aromatic N) is 2. The van der Waals surface area contributed by atoms with Crippen LogP contribution in [-0.4, -0.2) is 12.1 Å². The second-order valence-electron chi connectivity index (χ2n) is 4.93. The van der Waals surface area contributed by atoms with Crippen LogP contribution in [0.2, 0.25) is 0 Å². The molecule has 0 saturated heterocycles. The van der Waals surface area contributed by atoms with Gasteiger partial charge in [-0.15, -0.1) is 0 Å².